The monoisotopic (exact) mass is 312 g/mol. The average Bonchev–Trinajstić information content (AvgIpc) is 3.10. The van der Waals surface area contributed by atoms with Crippen LogP contribution in [0.5, 0.6) is 0 Å². The molecular weight excluding hydrogens is 288 g/mol. The Morgan fingerprint density at radius 1 is 1.17 bits per heavy atom. The molecule has 0 radical (unpaired) electrons. The first-order valence-corrected chi connectivity index (χ1v) is 8.35. The van der Waals surface area contributed by atoms with Gasteiger partial charge in [-0.3, -0.25) is 9.69 Å². The first-order valence-electron chi connectivity index (χ1n) is 8.35. The molecule has 1 unspecified atom stereocenters. The first kappa shape index (κ1) is 15.8. The van der Waals surface area contributed by atoms with E-state index >= 15 is 0 Å². The van der Waals surface area contributed by atoms with Crippen LogP contribution < -0.4 is 0 Å². The van der Waals surface area contributed by atoms with Gasteiger partial charge in [0, 0.05) is 25.7 Å². The molecule has 122 valence electrons. The summed E-state index contributed by atoms with van der Waals surface area (Å²) in [5, 5.41) is 0. The Balaban J connectivity index is 1.46. The fourth-order valence-corrected chi connectivity index (χ4v) is 3.23. The standard InChI is InChI=1S/C19H24N2O2/c1-16-15-20(11-5-9-17-7-3-2-4-8-17)12-13-21(16)19(22)18-10-6-14-23-18/h2-4,6-8,10,14,16H,5,9,11-13,15H2,1H3. The summed E-state index contributed by atoms with van der Waals surface area (Å²) >= 11 is 0. The van der Waals surface area contributed by atoms with Crippen molar-refractivity contribution in [3.63, 3.8) is 0 Å². The predicted molar refractivity (Wildman–Crippen MR) is 90.4 cm³/mol. The second kappa shape index (κ2) is 7.47. The van der Waals surface area contributed by atoms with Gasteiger partial charge in [-0.25, -0.2) is 0 Å². The number of rotatable bonds is 5. The first-order chi connectivity index (χ1) is 11.2. The molecule has 1 fully saturated rings. The Morgan fingerprint density at radius 2 is 2.00 bits per heavy atom. The Kier molecular flexibility index (Phi) is 5.13. The maximum absolute atomic E-state index is 12.4. The van der Waals surface area contributed by atoms with Crippen LogP contribution in [0.4, 0.5) is 0 Å². The second-order valence-corrected chi connectivity index (χ2v) is 6.21. The van der Waals surface area contributed by atoms with Crippen LogP contribution in [0.25, 0.3) is 0 Å². The van der Waals surface area contributed by atoms with E-state index in [0.29, 0.717) is 5.76 Å². The Labute approximate surface area is 137 Å². The molecule has 4 nitrogen and oxygen atoms in total. The molecule has 3 rings (SSSR count). The van der Waals surface area contributed by atoms with Gasteiger partial charge < -0.3 is 9.32 Å². The van der Waals surface area contributed by atoms with Crippen LogP contribution in [0.2, 0.25) is 0 Å². The predicted octanol–water partition coefficient (Wildman–Crippen LogP) is 3.06. The summed E-state index contributed by atoms with van der Waals surface area (Å²) in [6.45, 7) is 5.84. The molecule has 0 aliphatic carbocycles. The van der Waals surface area contributed by atoms with Gasteiger partial charge in [0.2, 0.25) is 0 Å². The molecule has 2 aromatic rings. The van der Waals surface area contributed by atoms with E-state index in [-0.39, 0.29) is 11.9 Å². The molecule has 0 bridgehead atoms. The quantitative estimate of drug-likeness (QED) is 0.851. The van der Waals surface area contributed by atoms with Crippen molar-refractivity contribution in [1.82, 2.24) is 9.80 Å². The van der Waals surface area contributed by atoms with Crippen molar-refractivity contribution in [3.05, 3.63) is 60.1 Å². The van der Waals surface area contributed by atoms with Crippen molar-refractivity contribution in [2.75, 3.05) is 26.2 Å². The zero-order valence-corrected chi connectivity index (χ0v) is 13.6. The van der Waals surface area contributed by atoms with E-state index in [1.54, 1.807) is 18.4 Å². The van der Waals surface area contributed by atoms with E-state index in [4.69, 9.17) is 4.42 Å². The van der Waals surface area contributed by atoms with Crippen LogP contribution in [0.3, 0.4) is 0 Å². The zero-order valence-electron chi connectivity index (χ0n) is 13.6. The maximum Gasteiger partial charge on any atom is 0.289 e. The molecule has 1 amide bonds. The van der Waals surface area contributed by atoms with Crippen LogP contribution in [0.1, 0.15) is 29.5 Å². The summed E-state index contributed by atoms with van der Waals surface area (Å²) in [5.74, 6) is 0.445. The Morgan fingerprint density at radius 3 is 2.70 bits per heavy atom. The van der Waals surface area contributed by atoms with Gasteiger partial charge >= 0.3 is 0 Å². The summed E-state index contributed by atoms with van der Waals surface area (Å²) in [5.41, 5.74) is 1.40. The Bertz CT molecular complexity index is 610. The molecule has 0 spiro atoms. The lowest BCUT2D eigenvalue weighted by Gasteiger charge is -2.39. The van der Waals surface area contributed by atoms with Gasteiger partial charge in [-0.15, -0.1) is 0 Å². The number of nitrogens with zero attached hydrogens (tertiary/aromatic N) is 2. The summed E-state index contributed by atoms with van der Waals surface area (Å²) < 4.78 is 5.23. The van der Waals surface area contributed by atoms with Crippen molar-refractivity contribution in [3.8, 4) is 0 Å². The van der Waals surface area contributed by atoms with Crippen molar-refractivity contribution in [2.45, 2.75) is 25.8 Å². The van der Waals surface area contributed by atoms with Gasteiger partial charge in [0.15, 0.2) is 5.76 Å². The number of carbonyl (C=O) groups excluding carboxylic acids is 1. The zero-order chi connectivity index (χ0) is 16.1. The van der Waals surface area contributed by atoms with E-state index in [9.17, 15) is 4.79 Å². The fourth-order valence-electron chi connectivity index (χ4n) is 3.23. The molecular formula is C19H24N2O2. The van der Waals surface area contributed by atoms with E-state index in [2.05, 4.69) is 42.2 Å². The highest BCUT2D eigenvalue weighted by Crippen LogP contribution is 2.15. The SMILES string of the molecule is CC1CN(CCCc2ccccc2)CCN1C(=O)c1ccco1. The number of hydrogen-bond acceptors (Lipinski definition) is 3. The number of hydrogen-bond donors (Lipinski definition) is 0. The smallest absolute Gasteiger partial charge is 0.289 e. The van der Waals surface area contributed by atoms with E-state index < -0.39 is 0 Å². The molecule has 2 heterocycles. The molecule has 0 saturated carbocycles. The van der Waals surface area contributed by atoms with Gasteiger partial charge in [-0.05, 0) is 44.0 Å². The van der Waals surface area contributed by atoms with E-state index in [1.807, 2.05) is 4.90 Å². The molecule has 1 saturated heterocycles. The molecule has 1 aromatic carbocycles. The molecule has 4 heteroatoms. The average molecular weight is 312 g/mol. The fraction of sp³-hybridized carbons (Fsp3) is 0.421. The third-order valence-electron chi connectivity index (χ3n) is 4.49. The Hall–Kier alpha value is -2.07. The van der Waals surface area contributed by atoms with Crippen LogP contribution >= 0.6 is 0 Å². The lowest BCUT2D eigenvalue weighted by Crippen LogP contribution is -2.54. The molecule has 0 N–H and O–H groups in total. The number of carbonyl (C=O) groups is 1. The summed E-state index contributed by atoms with van der Waals surface area (Å²) in [6, 6.07) is 14.3. The van der Waals surface area contributed by atoms with Crippen LogP contribution in [0, 0.1) is 0 Å². The van der Waals surface area contributed by atoms with Gasteiger partial charge in [0.05, 0.1) is 6.26 Å². The molecule has 23 heavy (non-hydrogen) atoms. The summed E-state index contributed by atoms with van der Waals surface area (Å²) in [4.78, 5) is 16.8. The van der Waals surface area contributed by atoms with E-state index in [0.717, 1.165) is 39.0 Å². The lowest BCUT2D eigenvalue weighted by atomic mass is 10.1. The highest BCUT2D eigenvalue weighted by atomic mass is 16.3. The normalized spacial score (nSPS) is 19.0. The largest absolute Gasteiger partial charge is 0.459 e. The van der Waals surface area contributed by atoms with Crippen molar-refractivity contribution in [2.24, 2.45) is 0 Å². The van der Waals surface area contributed by atoms with Crippen molar-refractivity contribution >= 4 is 5.91 Å². The highest BCUT2D eigenvalue weighted by molar-refractivity contribution is 5.91. The molecule has 1 aliphatic heterocycles. The molecule has 1 aromatic heterocycles. The lowest BCUT2D eigenvalue weighted by molar-refractivity contribution is 0.0459. The molecule has 1 aliphatic rings. The van der Waals surface area contributed by atoms with Gasteiger partial charge in [-0.2, -0.15) is 0 Å². The molecule has 1 atom stereocenters. The number of benzene rings is 1. The van der Waals surface area contributed by atoms with Crippen LogP contribution in [-0.4, -0.2) is 47.9 Å². The van der Waals surface area contributed by atoms with E-state index in [1.165, 1.54) is 5.56 Å². The van der Waals surface area contributed by atoms with Crippen LogP contribution in [-0.2, 0) is 6.42 Å². The van der Waals surface area contributed by atoms with Crippen molar-refractivity contribution in [1.29, 1.82) is 0 Å². The minimum atomic E-state index is 0.00596. The van der Waals surface area contributed by atoms with Gasteiger partial charge in [0.1, 0.15) is 0 Å². The second-order valence-electron chi connectivity index (χ2n) is 6.21. The topological polar surface area (TPSA) is 36.7 Å². The maximum atomic E-state index is 12.4. The number of aryl methyl sites for hydroxylation is 1. The summed E-state index contributed by atoms with van der Waals surface area (Å²) in [7, 11) is 0. The number of amides is 1. The van der Waals surface area contributed by atoms with Gasteiger partial charge in [-0.1, -0.05) is 30.3 Å². The minimum absolute atomic E-state index is 0.00596. The summed E-state index contributed by atoms with van der Waals surface area (Å²) in [6.07, 6.45) is 3.82. The van der Waals surface area contributed by atoms with Crippen LogP contribution in [0.15, 0.2) is 53.1 Å². The highest BCUT2D eigenvalue weighted by Gasteiger charge is 2.28. The number of piperazine rings is 1. The third kappa shape index (κ3) is 4.02. The van der Waals surface area contributed by atoms with Gasteiger partial charge in [0.25, 0.3) is 5.91 Å². The van der Waals surface area contributed by atoms with Crippen molar-refractivity contribution < 1.29 is 9.21 Å². The number of furan rings is 1. The third-order valence-corrected chi connectivity index (χ3v) is 4.49. The minimum Gasteiger partial charge on any atom is -0.459 e.